The van der Waals surface area contributed by atoms with Crippen molar-refractivity contribution in [1.82, 2.24) is 24.4 Å². The number of rotatable bonds is 5. The van der Waals surface area contributed by atoms with Gasteiger partial charge in [-0.3, -0.25) is 0 Å². The highest BCUT2D eigenvalue weighted by atomic mass is 35.5. The van der Waals surface area contributed by atoms with E-state index in [9.17, 15) is 4.79 Å². The zero-order chi connectivity index (χ0) is 22.9. The molecule has 5 rings (SSSR count). The Labute approximate surface area is 198 Å². The van der Waals surface area contributed by atoms with Crippen LogP contribution in [-0.2, 0) is 6.54 Å². The largest absolute Gasteiger partial charge is 0.481 e. The molecule has 0 aliphatic carbocycles. The minimum absolute atomic E-state index is 0.246. The van der Waals surface area contributed by atoms with Gasteiger partial charge in [-0.2, -0.15) is 9.61 Å². The fraction of sp³-hybridized carbons (Fsp3) is 0.0833. The molecule has 0 amide bonds. The van der Waals surface area contributed by atoms with Crippen LogP contribution in [0.2, 0.25) is 10.0 Å². The molecule has 0 bridgehead atoms. The summed E-state index contributed by atoms with van der Waals surface area (Å²) in [6.07, 6.45) is 3.32. The molecule has 7 nitrogen and oxygen atoms in total. The first-order valence-corrected chi connectivity index (χ1v) is 10.8. The molecular weight excluding hydrogens is 461 g/mol. The van der Waals surface area contributed by atoms with Crippen molar-refractivity contribution in [3.05, 3.63) is 99.2 Å². The highest BCUT2D eigenvalue weighted by Crippen LogP contribution is 2.35. The molecule has 0 aliphatic rings. The third-order valence-corrected chi connectivity index (χ3v) is 5.74. The lowest BCUT2D eigenvalue weighted by atomic mass is 9.97. The molecule has 0 N–H and O–H groups in total. The second-order valence-corrected chi connectivity index (χ2v) is 8.20. The lowest BCUT2D eigenvalue weighted by Crippen LogP contribution is -2.23. The lowest BCUT2D eigenvalue weighted by molar-refractivity contribution is 0.397. The smallest absolute Gasteiger partial charge is 0.367 e. The number of halogens is 2. The molecule has 0 saturated carbocycles. The number of nitrogens with zero attached hydrogens (tertiary/aromatic N) is 5. The maximum absolute atomic E-state index is 13.1. The molecule has 0 aliphatic heterocycles. The summed E-state index contributed by atoms with van der Waals surface area (Å²) in [5.74, 6) is 0.500. The highest BCUT2D eigenvalue weighted by molar-refractivity contribution is 6.31. The molecule has 9 heteroatoms. The van der Waals surface area contributed by atoms with Crippen LogP contribution in [0.25, 0.3) is 27.9 Å². The summed E-state index contributed by atoms with van der Waals surface area (Å²) in [7, 11) is 1.55. The SMILES string of the molecule is COc1ccc(Cn2nc3c(-c4ccc(Cl)cc4)c(-c4ccc(Cl)cc4)cnn3c2=O)cn1. The Kier molecular flexibility index (Phi) is 5.58. The molecule has 3 aromatic heterocycles. The van der Waals surface area contributed by atoms with Crippen LogP contribution in [0.1, 0.15) is 5.56 Å². The molecule has 5 aromatic rings. The molecule has 0 spiro atoms. The van der Waals surface area contributed by atoms with Crippen LogP contribution in [0.5, 0.6) is 5.88 Å². The normalized spacial score (nSPS) is 11.1. The number of hydrogen-bond acceptors (Lipinski definition) is 5. The average Bonchev–Trinajstić information content (AvgIpc) is 3.15. The first-order chi connectivity index (χ1) is 16.0. The molecule has 0 saturated heterocycles. The first-order valence-electron chi connectivity index (χ1n) is 10.0. The Morgan fingerprint density at radius 1 is 0.879 bits per heavy atom. The van der Waals surface area contributed by atoms with E-state index in [1.807, 2.05) is 42.5 Å². The molecular formula is C24H17Cl2N5O2. The summed E-state index contributed by atoms with van der Waals surface area (Å²) in [6, 6.07) is 18.4. The molecule has 33 heavy (non-hydrogen) atoms. The van der Waals surface area contributed by atoms with E-state index in [-0.39, 0.29) is 12.2 Å². The molecule has 164 valence electrons. The molecule has 2 aromatic carbocycles. The number of benzene rings is 2. The van der Waals surface area contributed by atoms with Gasteiger partial charge in [-0.25, -0.2) is 14.5 Å². The van der Waals surface area contributed by atoms with Crippen molar-refractivity contribution in [2.45, 2.75) is 6.54 Å². The van der Waals surface area contributed by atoms with Crippen molar-refractivity contribution in [2.24, 2.45) is 0 Å². The predicted molar refractivity (Wildman–Crippen MR) is 128 cm³/mol. The molecule has 0 atom stereocenters. The van der Waals surface area contributed by atoms with Gasteiger partial charge in [-0.1, -0.05) is 53.5 Å². The van der Waals surface area contributed by atoms with Gasteiger partial charge in [0.15, 0.2) is 5.65 Å². The molecule has 3 heterocycles. The topological polar surface area (TPSA) is 74.3 Å². The number of ether oxygens (including phenoxy) is 1. The second kappa shape index (κ2) is 8.69. The van der Waals surface area contributed by atoms with E-state index in [0.29, 0.717) is 21.6 Å². The average molecular weight is 478 g/mol. The fourth-order valence-corrected chi connectivity index (χ4v) is 3.86. The van der Waals surface area contributed by atoms with Crippen LogP contribution >= 0.6 is 23.2 Å². The van der Waals surface area contributed by atoms with Crippen molar-refractivity contribution in [1.29, 1.82) is 0 Å². The number of fused-ring (bicyclic) bond motifs is 1. The summed E-state index contributed by atoms with van der Waals surface area (Å²) >= 11 is 12.2. The van der Waals surface area contributed by atoms with E-state index in [2.05, 4.69) is 15.2 Å². The number of aromatic nitrogens is 5. The first kappa shape index (κ1) is 21.2. The molecule has 0 radical (unpaired) electrons. The van der Waals surface area contributed by atoms with E-state index in [4.69, 9.17) is 27.9 Å². The van der Waals surface area contributed by atoms with Crippen LogP contribution in [0.3, 0.4) is 0 Å². The van der Waals surface area contributed by atoms with Crippen LogP contribution in [-0.4, -0.2) is 31.5 Å². The van der Waals surface area contributed by atoms with E-state index in [1.54, 1.807) is 37.7 Å². The van der Waals surface area contributed by atoms with Gasteiger partial charge in [-0.15, -0.1) is 5.10 Å². The monoisotopic (exact) mass is 477 g/mol. The van der Waals surface area contributed by atoms with Crippen LogP contribution in [0.15, 0.2) is 77.9 Å². The summed E-state index contributed by atoms with van der Waals surface area (Å²) in [6.45, 7) is 0.246. The number of hydrogen-bond donors (Lipinski definition) is 0. The summed E-state index contributed by atoms with van der Waals surface area (Å²) in [5.41, 5.74) is 4.26. The fourth-order valence-electron chi connectivity index (χ4n) is 3.61. The van der Waals surface area contributed by atoms with E-state index >= 15 is 0 Å². The quantitative estimate of drug-likeness (QED) is 0.356. The summed E-state index contributed by atoms with van der Waals surface area (Å²) in [4.78, 5) is 17.3. The van der Waals surface area contributed by atoms with Gasteiger partial charge in [0.1, 0.15) is 0 Å². The van der Waals surface area contributed by atoms with Gasteiger partial charge < -0.3 is 4.74 Å². The third-order valence-electron chi connectivity index (χ3n) is 5.24. The molecule has 0 unspecified atom stereocenters. The standard InChI is InChI=1S/C24H17Cl2N5O2/c1-33-21-11-2-15(12-27-21)14-30-24(32)31-23(29-30)22(17-5-9-19(26)10-6-17)20(13-28-31)16-3-7-18(25)8-4-16/h2-13H,14H2,1H3. The van der Waals surface area contributed by atoms with Crippen molar-refractivity contribution in [3.63, 3.8) is 0 Å². The van der Waals surface area contributed by atoms with Crippen molar-refractivity contribution >= 4 is 28.8 Å². The lowest BCUT2D eigenvalue weighted by Gasteiger charge is -2.11. The van der Waals surface area contributed by atoms with Crippen LogP contribution in [0, 0.1) is 0 Å². The van der Waals surface area contributed by atoms with E-state index in [0.717, 1.165) is 27.8 Å². The molecule has 0 fully saturated rings. The zero-order valence-electron chi connectivity index (χ0n) is 17.4. The van der Waals surface area contributed by atoms with Crippen molar-refractivity contribution in [3.8, 4) is 28.1 Å². The van der Waals surface area contributed by atoms with Gasteiger partial charge in [0.25, 0.3) is 0 Å². The number of methoxy groups -OCH3 is 1. The van der Waals surface area contributed by atoms with Gasteiger partial charge in [0.2, 0.25) is 5.88 Å². The van der Waals surface area contributed by atoms with E-state index in [1.165, 1.54) is 9.20 Å². The highest BCUT2D eigenvalue weighted by Gasteiger charge is 2.19. The Balaban J connectivity index is 1.70. The van der Waals surface area contributed by atoms with Crippen molar-refractivity contribution in [2.75, 3.05) is 7.11 Å². The van der Waals surface area contributed by atoms with Crippen molar-refractivity contribution < 1.29 is 4.74 Å². The van der Waals surface area contributed by atoms with E-state index < -0.39 is 0 Å². The minimum Gasteiger partial charge on any atom is -0.481 e. The van der Waals surface area contributed by atoms with Gasteiger partial charge >= 0.3 is 5.69 Å². The van der Waals surface area contributed by atoms with Gasteiger partial charge in [0, 0.05) is 33.4 Å². The van der Waals surface area contributed by atoms with Gasteiger partial charge in [0.05, 0.1) is 19.9 Å². The number of pyridine rings is 1. The maximum Gasteiger partial charge on any atom is 0.367 e. The Bertz CT molecular complexity index is 1490. The zero-order valence-corrected chi connectivity index (χ0v) is 19.0. The maximum atomic E-state index is 13.1. The summed E-state index contributed by atoms with van der Waals surface area (Å²) < 4.78 is 7.78. The Morgan fingerprint density at radius 3 is 2.15 bits per heavy atom. The third kappa shape index (κ3) is 4.08. The minimum atomic E-state index is -0.348. The predicted octanol–water partition coefficient (Wildman–Crippen LogP) is 4.98. The second-order valence-electron chi connectivity index (χ2n) is 7.33. The Hall–Kier alpha value is -3.68. The van der Waals surface area contributed by atoms with Crippen LogP contribution < -0.4 is 10.4 Å². The Morgan fingerprint density at radius 2 is 1.55 bits per heavy atom. The van der Waals surface area contributed by atoms with Crippen LogP contribution in [0.4, 0.5) is 0 Å². The van der Waals surface area contributed by atoms with Gasteiger partial charge in [-0.05, 0) is 41.0 Å². The summed E-state index contributed by atoms with van der Waals surface area (Å²) in [5, 5.41) is 10.3.